The predicted octanol–water partition coefficient (Wildman–Crippen LogP) is 3.43. The Morgan fingerprint density at radius 1 is 1.03 bits per heavy atom. The van der Waals surface area contributed by atoms with Crippen LogP contribution in [0.3, 0.4) is 0 Å². The molecule has 2 heterocycles. The summed E-state index contributed by atoms with van der Waals surface area (Å²) in [6, 6.07) is 22.7. The quantitative estimate of drug-likeness (QED) is 0.332. The molecule has 32 heavy (non-hydrogen) atoms. The highest BCUT2D eigenvalue weighted by Gasteiger charge is 2.32. The molecule has 0 N–H and O–H groups in total. The Hall–Kier alpha value is -4.26. The van der Waals surface area contributed by atoms with Gasteiger partial charge in [0.05, 0.1) is 7.11 Å². The lowest BCUT2D eigenvalue weighted by molar-refractivity contribution is -0.142. The molecule has 0 spiro atoms. The Morgan fingerprint density at radius 3 is 2.34 bits per heavy atom. The van der Waals surface area contributed by atoms with E-state index in [-0.39, 0.29) is 17.9 Å². The lowest BCUT2D eigenvalue weighted by Gasteiger charge is -2.32. The molecule has 0 bridgehead atoms. The Balaban J connectivity index is 1.98. The largest absolute Gasteiger partial charge is 0.467 e. The fourth-order valence-electron chi connectivity index (χ4n) is 3.67. The summed E-state index contributed by atoms with van der Waals surface area (Å²) in [6.45, 7) is 0.228. The number of hydrogen-bond donors (Lipinski definition) is 0. The molecule has 0 aliphatic carbocycles. The van der Waals surface area contributed by atoms with Crippen LogP contribution in [0.1, 0.15) is 27.5 Å². The van der Waals surface area contributed by atoms with Gasteiger partial charge in [0.15, 0.2) is 12.3 Å². The highest BCUT2D eigenvalue weighted by Crippen LogP contribution is 2.30. The molecule has 4 aromatic rings. The van der Waals surface area contributed by atoms with Crippen molar-refractivity contribution >= 4 is 23.7 Å². The molecular formula is C25H21N3O4. The van der Waals surface area contributed by atoms with Crippen LogP contribution in [0.4, 0.5) is 5.82 Å². The number of ether oxygens (including phenoxy) is 1. The maximum atomic E-state index is 13.1. The number of aldehydes is 1. The molecule has 0 saturated carbocycles. The summed E-state index contributed by atoms with van der Waals surface area (Å²) in [5, 5.41) is 0. The smallest absolute Gasteiger partial charge is 0.333 e. The second kappa shape index (κ2) is 9.26. The summed E-state index contributed by atoms with van der Waals surface area (Å²) in [7, 11) is 1.31. The fraction of sp³-hybridized carbons (Fsp3) is 0.120. The van der Waals surface area contributed by atoms with E-state index in [0.717, 1.165) is 5.56 Å². The minimum Gasteiger partial charge on any atom is -0.467 e. The first kappa shape index (κ1) is 21.0. The molecule has 2 aromatic carbocycles. The molecule has 0 fully saturated rings. The number of methoxy groups -OCH3 is 1. The van der Waals surface area contributed by atoms with Gasteiger partial charge in [0.25, 0.3) is 5.56 Å². The first-order chi connectivity index (χ1) is 15.6. The molecule has 160 valence electrons. The van der Waals surface area contributed by atoms with Crippen molar-refractivity contribution in [3.63, 3.8) is 0 Å². The van der Waals surface area contributed by atoms with Crippen LogP contribution >= 0.6 is 0 Å². The standard InChI is InChI=1S/C25H21N3O4/c1-32-25(31)22(19-12-6-3-7-13-19)28(16-18-10-4-2-5-11-18)23-20(17-29)24(30)27-15-9-8-14-21(27)26-23/h2-15,17,22H,16H2,1H3. The van der Waals surface area contributed by atoms with Gasteiger partial charge in [0, 0.05) is 12.7 Å². The number of rotatable bonds is 7. The van der Waals surface area contributed by atoms with Crippen molar-refractivity contribution in [3.8, 4) is 0 Å². The summed E-state index contributed by atoms with van der Waals surface area (Å²) in [4.78, 5) is 44.4. The molecular weight excluding hydrogens is 406 g/mol. The molecule has 4 rings (SSSR count). The van der Waals surface area contributed by atoms with Gasteiger partial charge in [-0.3, -0.25) is 14.0 Å². The summed E-state index contributed by atoms with van der Waals surface area (Å²) in [5.41, 5.74) is 1.27. The van der Waals surface area contributed by atoms with Crippen LogP contribution in [-0.4, -0.2) is 28.7 Å². The van der Waals surface area contributed by atoms with Crippen LogP contribution in [0.25, 0.3) is 5.65 Å². The Labute approximate surface area is 184 Å². The predicted molar refractivity (Wildman–Crippen MR) is 121 cm³/mol. The summed E-state index contributed by atoms with van der Waals surface area (Å²) in [5.74, 6) is -0.404. The maximum Gasteiger partial charge on any atom is 0.333 e. The van der Waals surface area contributed by atoms with Gasteiger partial charge >= 0.3 is 5.97 Å². The number of esters is 1. The zero-order chi connectivity index (χ0) is 22.5. The number of hydrogen-bond acceptors (Lipinski definition) is 6. The van der Waals surface area contributed by atoms with Crippen LogP contribution in [-0.2, 0) is 16.1 Å². The summed E-state index contributed by atoms with van der Waals surface area (Å²) >= 11 is 0. The summed E-state index contributed by atoms with van der Waals surface area (Å²) in [6.07, 6.45) is 2.04. The van der Waals surface area contributed by atoms with Crippen LogP contribution < -0.4 is 10.5 Å². The number of fused-ring (bicyclic) bond motifs is 1. The van der Waals surface area contributed by atoms with Crippen LogP contribution in [0, 0.1) is 0 Å². The van der Waals surface area contributed by atoms with Crippen molar-refractivity contribution in [1.82, 2.24) is 9.38 Å². The highest BCUT2D eigenvalue weighted by atomic mass is 16.5. The van der Waals surface area contributed by atoms with Gasteiger partial charge in [-0.2, -0.15) is 0 Å². The van der Waals surface area contributed by atoms with E-state index in [9.17, 15) is 14.4 Å². The summed E-state index contributed by atoms with van der Waals surface area (Å²) < 4.78 is 6.43. The second-order valence-corrected chi connectivity index (χ2v) is 7.15. The third-order valence-electron chi connectivity index (χ3n) is 5.19. The zero-order valence-corrected chi connectivity index (χ0v) is 17.4. The number of benzene rings is 2. The lowest BCUT2D eigenvalue weighted by Crippen LogP contribution is -2.37. The molecule has 7 heteroatoms. The average molecular weight is 427 g/mol. The number of carbonyl (C=O) groups excluding carboxylic acids is 2. The normalized spacial score (nSPS) is 11.7. The van der Waals surface area contributed by atoms with E-state index in [0.29, 0.717) is 17.5 Å². The molecule has 1 atom stereocenters. The van der Waals surface area contributed by atoms with Gasteiger partial charge in [-0.25, -0.2) is 9.78 Å². The minimum absolute atomic E-state index is 0.124. The van der Waals surface area contributed by atoms with Crippen LogP contribution in [0.2, 0.25) is 0 Å². The molecule has 0 amide bonds. The maximum absolute atomic E-state index is 13.1. The molecule has 0 aliphatic heterocycles. The SMILES string of the molecule is COC(=O)C(c1ccccc1)N(Cc1ccccc1)c1nc2ccccn2c(=O)c1C=O. The minimum atomic E-state index is -0.918. The second-order valence-electron chi connectivity index (χ2n) is 7.15. The van der Waals surface area contributed by atoms with Gasteiger partial charge in [-0.05, 0) is 23.3 Å². The number of carbonyl (C=O) groups is 2. The molecule has 1 unspecified atom stereocenters. The number of pyridine rings is 1. The molecule has 0 saturated heterocycles. The van der Waals surface area contributed by atoms with E-state index in [2.05, 4.69) is 4.98 Å². The van der Waals surface area contributed by atoms with Crippen molar-refractivity contribution in [2.45, 2.75) is 12.6 Å². The average Bonchev–Trinajstić information content (AvgIpc) is 2.84. The van der Waals surface area contributed by atoms with E-state index in [4.69, 9.17) is 4.74 Å². The van der Waals surface area contributed by atoms with Crippen LogP contribution in [0.5, 0.6) is 0 Å². The third kappa shape index (κ3) is 4.00. The first-order valence-corrected chi connectivity index (χ1v) is 10.0. The van der Waals surface area contributed by atoms with E-state index in [1.165, 1.54) is 11.5 Å². The van der Waals surface area contributed by atoms with Crippen molar-refractivity contribution in [2.75, 3.05) is 12.0 Å². The Morgan fingerprint density at radius 2 is 1.69 bits per heavy atom. The highest BCUT2D eigenvalue weighted by molar-refractivity contribution is 5.87. The van der Waals surface area contributed by atoms with Crippen molar-refractivity contribution in [3.05, 3.63) is 112 Å². The molecule has 0 radical (unpaired) electrons. The van der Waals surface area contributed by atoms with Gasteiger partial charge in [-0.15, -0.1) is 0 Å². The molecule has 7 nitrogen and oxygen atoms in total. The topological polar surface area (TPSA) is 81.0 Å². The number of aromatic nitrogens is 2. The fourth-order valence-corrected chi connectivity index (χ4v) is 3.67. The van der Waals surface area contributed by atoms with Gasteiger partial charge in [0.2, 0.25) is 0 Å². The molecule has 2 aromatic heterocycles. The van der Waals surface area contributed by atoms with E-state index < -0.39 is 17.6 Å². The van der Waals surface area contributed by atoms with E-state index in [1.807, 2.05) is 48.5 Å². The van der Waals surface area contributed by atoms with Gasteiger partial charge in [-0.1, -0.05) is 66.7 Å². The third-order valence-corrected chi connectivity index (χ3v) is 5.19. The number of nitrogens with zero attached hydrogens (tertiary/aromatic N) is 3. The van der Waals surface area contributed by atoms with Crippen molar-refractivity contribution < 1.29 is 14.3 Å². The lowest BCUT2D eigenvalue weighted by atomic mass is 10.0. The monoisotopic (exact) mass is 427 g/mol. The van der Waals surface area contributed by atoms with E-state index in [1.54, 1.807) is 41.4 Å². The Kier molecular flexibility index (Phi) is 6.07. The van der Waals surface area contributed by atoms with Crippen molar-refractivity contribution in [2.24, 2.45) is 0 Å². The molecule has 0 aliphatic rings. The number of anilines is 1. The van der Waals surface area contributed by atoms with Crippen molar-refractivity contribution in [1.29, 1.82) is 0 Å². The van der Waals surface area contributed by atoms with Crippen LogP contribution in [0.15, 0.2) is 89.9 Å². The van der Waals surface area contributed by atoms with Gasteiger partial charge in [0.1, 0.15) is 17.0 Å². The van der Waals surface area contributed by atoms with E-state index >= 15 is 0 Å². The Bertz CT molecular complexity index is 1300. The first-order valence-electron chi connectivity index (χ1n) is 10.0. The zero-order valence-electron chi connectivity index (χ0n) is 17.4. The van der Waals surface area contributed by atoms with Gasteiger partial charge < -0.3 is 9.64 Å².